The zero-order chi connectivity index (χ0) is 33.2. The number of benzene rings is 2. The number of carbonyl (C=O) groups is 2. The highest BCUT2D eigenvalue weighted by atomic mass is 32.2. The summed E-state index contributed by atoms with van der Waals surface area (Å²) in [4.78, 5) is 32.6. The molecule has 6 N–H and O–H groups in total. The first-order chi connectivity index (χ1) is 24.1. The van der Waals surface area contributed by atoms with Crippen LogP contribution < -0.4 is 32.6 Å². The molecule has 8 rings (SSSR count). The van der Waals surface area contributed by atoms with Crippen molar-refractivity contribution in [1.29, 1.82) is 0 Å². The highest BCUT2D eigenvalue weighted by molar-refractivity contribution is 8.06. The van der Waals surface area contributed by atoms with Gasteiger partial charge in [0.05, 0.1) is 12.1 Å². The molecule has 0 spiro atoms. The maximum atomic E-state index is 13.9. The SMILES string of the molecule is O=C(NC1CCN(Cc2ccccc2)CC1)C1=C2SC3=C(C(=O)NC4CCN(Cc5ccccc5)CC4)NNN3C3CCCCC3N2NN1. The largest absolute Gasteiger partial charge is 0.348 e. The van der Waals surface area contributed by atoms with Crippen LogP contribution in [0.5, 0.6) is 0 Å². The van der Waals surface area contributed by atoms with E-state index >= 15 is 0 Å². The quantitative estimate of drug-likeness (QED) is 0.247. The van der Waals surface area contributed by atoms with Gasteiger partial charge in [-0.2, -0.15) is 0 Å². The lowest BCUT2D eigenvalue weighted by Crippen LogP contribution is -2.57. The summed E-state index contributed by atoms with van der Waals surface area (Å²) in [5.41, 5.74) is 16.8. The summed E-state index contributed by atoms with van der Waals surface area (Å²) in [5.74, 6) is -0.208. The summed E-state index contributed by atoms with van der Waals surface area (Å²) < 4.78 is 0. The molecule has 12 nitrogen and oxygen atoms in total. The van der Waals surface area contributed by atoms with E-state index in [4.69, 9.17) is 0 Å². The van der Waals surface area contributed by atoms with E-state index in [0.717, 1.165) is 101 Å². The predicted octanol–water partition coefficient (Wildman–Crippen LogP) is 2.59. The molecule has 5 heterocycles. The van der Waals surface area contributed by atoms with E-state index in [1.807, 2.05) is 0 Å². The summed E-state index contributed by atoms with van der Waals surface area (Å²) >= 11 is 1.48. The molecule has 2 aromatic carbocycles. The molecule has 2 atom stereocenters. The van der Waals surface area contributed by atoms with Gasteiger partial charge in [0.2, 0.25) is 0 Å². The van der Waals surface area contributed by atoms with Crippen molar-refractivity contribution in [3.05, 3.63) is 93.2 Å². The van der Waals surface area contributed by atoms with Crippen LogP contribution in [0, 0.1) is 0 Å². The van der Waals surface area contributed by atoms with Crippen LogP contribution in [0.25, 0.3) is 0 Å². The molecule has 2 unspecified atom stereocenters. The monoisotopic (exact) mass is 684 g/mol. The zero-order valence-corrected chi connectivity index (χ0v) is 28.8. The Bertz CT molecular complexity index is 1440. The van der Waals surface area contributed by atoms with Crippen molar-refractivity contribution in [1.82, 2.24) is 52.4 Å². The number of nitrogens with zero attached hydrogens (tertiary/aromatic N) is 4. The third kappa shape index (κ3) is 7.13. The minimum Gasteiger partial charge on any atom is -0.348 e. The first kappa shape index (κ1) is 32.5. The molecule has 2 amide bonds. The van der Waals surface area contributed by atoms with Gasteiger partial charge in [-0.25, -0.2) is 0 Å². The van der Waals surface area contributed by atoms with Crippen LogP contribution in [-0.2, 0) is 22.7 Å². The number of amides is 2. The van der Waals surface area contributed by atoms with Gasteiger partial charge in [-0.3, -0.25) is 40.3 Å². The predicted molar refractivity (Wildman–Crippen MR) is 190 cm³/mol. The van der Waals surface area contributed by atoms with Crippen LogP contribution in [0.15, 0.2) is 82.1 Å². The van der Waals surface area contributed by atoms with Gasteiger partial charge in [-0.05, 0) is 61.4 Å². The molecule has 0 bridgehead atoms. The molecule has 5 aliphatic heterocycles. The molecule has 1 aliphatic carbocycles. The van der Waals surface area contributed by atoms with Crippen LogP contribution in [-0.4, -0.2) is 82.0 Å². The third-order valence-corrected chi connectivity index (χ3v) is 12.0. The smallest absolute Gasteiger partial charge is 0.271 e. The Morgan fingerprint density at radius 2 is 1.02 bits per heavy atom. The lowest BCUT2D eigenvalue weighted by Gasteiger charge is -2.40. The van der Waals surface area contributed by atoms with Crippen molar-refractivity contribution in [2.75, 3.05) is 26.2 Å². The Kier molecular flexibility index (Phi) is 9.68. The van der Waals surface area contributed by atoms with E-state index in [1.54, 1.807) is 0 Å². The maximum Gasteiger partial charge on any atom is 0.271 e. The highest BCUT2D eigenvalue weighted by Crippen LogP contribution is 2.45. The standard InChI is InChI=1S/C36H48N10O2S/c47-33(37-27-15-19-43(20-16-27)23-25-9-3-1-4-10-25)31-35-45(41-39-31)29-13-7-8-14-30(29)46-36(49-35)32(40-42-46)34(48)38-28-17-21-44(22-18-28)24-26-11-5-2-6-12-26/h1-6,9-12,27-30,39-42H,7-8,13-24H2,(H,37,47)(H,38,48). The molecule has 4 fully saturated rings. The lowest BCUT2D eigenvalue weighted by molar-refractivity contribution is -0.119. The number of rotatable bonds is 8. The van der Waals surface area contributed by atoms with E-state index in [-0.39, 0.29) is 36.0 Å². The number of carbonyl (C=O) groups excluding carboxylic acids is 2. The number of piperidine rings is 2. The van der Waals surface area contributed by atoms with E-state index in [9.17, 15) is 9.59 Å². The van der Waals surface area contributed by atoms with Gasteiger partial charge in [0, 0.05) is 51.4 Å². The molecule has 6 aliphatic rings. The normalized spacial score (nSPS) is 25.2. The van der Waals surface area contributed by atoms with Gasteiger partial charge in [-0.15, -0.1) is 11.1 Å². The van der Waals surface area contributed by atoms with Crippen molar-refractivity contribution in [2.45, 2.75) is 88.6 Å². The third-order valence-electron chi connectivity index (χ3n) is 10.8. The number of hydrogen-bond acceptors (Lipinski definition) is 11. The molecule has 0 aromatic heterocycles. The van der Waals surface area contributed by atoms with Crippen LogP contribution in [0.2, 0.25) is 0 Å². The minimum absolute atomic E-state index is 0.104. The molecule has 49 heavy (non-hydrogen) atoms. The van der Waals surface area contributed by atoms with Gasteiger partial charge in [0.15, 0.2) is 0 Å². The van der Waals surface area contributed by atoms with Gasteiger partial charge in [0.25, 0.3) is 11.8 Å². The fraction of sp³-hybridized carbons (Fsp3) is 0.500. The van der Waals surface area contributed by atoms with E-state index in [1.165, 1.54) is 22.9 Å². The summed E-state index contributed by atoms with van der Waals surface area (Å²) in [6.07, 6.45) is 7.89. The van der Waals surface area contributed by atoms with E-state index in [2.05, 4.69) is 113 Å². The number of nitrogens with one attached hydrogen (secondary N) is 6. The topological polar surface area (TPSA) is 119 Å². The second-order valence-electron chi connectivity index (χ2n) is 14.1. The van der Waals surface area contributed by atoms with Crippen molar-refractivity contribution < 1.29 is 9.59 Å². The summed E-state index contributed by atoms with van der Waals surface area (Å²) in [6.45, 7) is 5.68. The molecular weight excluding hydrogens is 637 g/mol. The second-order valence-corrected chi connectivity index (χ2v) is 15.1. The first-order valence-corrected chi connectivity index (χ1v) is 18.8. The number of hydrogen-bond donors (Lipinski definition) is 6. The van der Waals surface area contributed by atoms with Crippen LogP contribution in [0.1, 0.15) is 62.5 Å². The Labute approximate surface area is 292 Å². The molecule has 3 saturated heterocycles. The van der Waals surface area contributed by atoms with Crippen molar-refractivity contribution in [3.63, 3.8) is 0 Å². The summed E-state index contributed by atoms with van der Waals surface area (Å²) in [6, 6.07) is 21.7. The summed E-state index contributed by atoms with van der Waals surface area (Å²) in [7, 11) is 0. The highest BCUT2D eigenvalue weighted by Gasteiger charge is 2.47. The van der Waals surface area contributed by atoms with E-state index < -0.39 is 0 Å². The van der Waals surface area contributed by atoms with Crippen molar-refractivity contribution in [3.8, 4) is 0 Å². The molecule has 1 saturated carbocycles. The zero-order valence-electron chi connectivity index (χ0n) is 28.0. The van der Waals surface area contributed by atoms with Gasteiger partial charge < -0.3 is 10.6 Å². The van der Waals surface area contributed by atoms with Gasteiger partial charge in [0.1, 0.15) is 21.5 Å². The number of hydrazine groups is 4. The Balaban J connectivity index is 0.941. The fourth-order valence-electron chi connectivity index (χ4n) is 8.11. The average molecular weight is 685 g/mol. The van der Waals surface area contributed by atoms with Crippen LogP contribution in [0.4, 0.5) is 0 Å². The van der Waals surface area contributed by atoms with Crippen molar-refractivity contribution in [2.24, 2.45) is 0 Å². The van der Waals surface area contributed by atoms with Crippen LogP contribution >= 0.6 is 11.8 Å². The molecule has 2 aromatic rings. The molecular formula is C36H48N10O2S. The number of thioether (sulfide) groups is 1. The van der Waals surface area contributed by atoms with Gasteiger partial charge >= 0.3 is 0 Å². The number of fused-ring (bicyclic) bond motifs is 5. The van der Waals surface area contributed by atoms with Crippen LogP contribution in [0.3, 0.4) is 0 Å². The minimum atomic E-state index is -0.104. The summed E-state index contributed by atoms with van der Waals surface area (Å²) in [5, 5.41) is 12.6. The second kappa shape index (κ2) is 14.6. The molecule has 13 heteroatoms. The lowest BCUT2D eigenvalue weighted by atomic mass is 9.89. The first-order valence-electron chi connectivity index (χ1n) is 18.0. The average Bonchev–Trinajstić information content (AvgIpc) is 3.73. The molecule has 0 radical (unpaired) electrons. The number of likely N-dealkylation sites (tertiary alicyclic amines) is 2. The maximum absolute atomic E-state index is 13.9. The Hall–Kier alpha value is -3.75. The fourth-order valence-corrected chi connectivity index (χ4v) is 9.35. The Morgan fingerprint density at radius 3 is 1.43 bits per heavy atom. The molecule has 260 valence electrons. The van der Waals surface area contributed by atoms with Gasteiger partial charge in [-0.1, -0.05) is 73.5 Å². The van der Waals surface area contributed by atoms with E-state index in [0.29, 0.717) is 11.4 Å². The van der Waals surface area contributed by atoms with Crippen molar-refractivity contribution >= 4 is 23.6 Å². The Morgan fingerprint density at radius 1 is 0.612 bits per heavy atom.